The summed E-state index contributed by atoms with van der Waals surface area (Å²) in [7, 11) is 0. The second-order valence-electron chi connectivity index (χ2n) is 5.28. The smallest absolute Gasteiger partial charge is 0.0801 e. The first-order chi connectivity index (χ1) is 7.29. The van der Waals surface area contributed by atoms with Crippen LogP contribution in [0, 0.1) is 5.41 Å². The molecule has 0 amide bonds. The van der Waals surface area contributed by atoms with Gasteiger partial charge >= 0.3 is 0 Å². The van der Waals surface area contributed by atoms with Crippen molar-refractivity contribution in [1.29, 1.82) is 0 Å². The van der Waals surface area contributed by atoms with Gasteiger partial charge in [-0.25, -0.2) is 0 Å². The monoisotopic (exact) mass is 304 g/mol. The number of rotatable bonds is 3. The highest BCUT2D eigenvalue weighted by atomic mass is 79.9. The lowest BCUT2D eigenvalue weighted by atomic mass is 9.88. The molecule has 1 N–H and O–H groups in total. The van der Waals surface area contributed by atoms with Gasteiger partial charge in [-0.2, -0.15) is 0 Å². The van der Waals surface area contributed by atoms with Gasteiger partial charge in [-0.3, -0.25) is 0 Å². The van der Waals surface area contributed by atoms with Crippen LogP contribution in [0.2, 0.25) is 5.02 Å². The van der Waals surface area contributed by atoms with Gasteiger partial charge in [0.15, 0.2) is 0 Å². The van der Waals surface area contributed by atoms with Crippen LogP contribution in [0.5, 0.6) is 0 Å². The molecule has 1 unspecified atom stereocenters. The van der Waals surface area contributed by atoms with E-state index in [1.807, 2.05) is 18.2 Å². The molecule has 0 aliphatic rings. The zero-order valence-electron chi connectivity index (χ0n) is 9.93. The molecular weight excluding hydrogens is 287 g/mol. The summed E-state index contributed by atoms with van der Waals surface area (Å²) in [4.78, 5) is 0. The van der Waals surface area contributed by atoms with Crippen molar-refractivity contribution in [3.63, 3.8) is 0 Å². The predicted octanol–water partition coefficient (Wildman–Crippen LogP) is 4.96. The Labute approximate surface area is 111 Å². The number of hydrogen-bond acceptors (Lipinski definition) is 1. The first-order valence-electron chi connectivity index (χ1n) is 5.42. The highest BCUT2D eigenvalue weighted by molar-refractivity contribution is 9.10. The van der Waals surface area contributed by atoms with E-state index in [1.165, 1.54) is 0 Å². The standard InChI is InChI=1S/C13H18BrClO/c1-13(2,3)7-6-12(16)10-5-4-9(15)8-11(10)14/h4-5,8,12,16H,6-7H2,1-3H3. The van der Waals surface area contributed by atoms with E-state index in [-0.39, 0.29) is 5.41 Å². The Morgan fingerprint density at radius 2 is 2.00 bits per heavy atom. The summed E-state index contributed by atoms with van der Waals surface area (Å²) in [6.45, 7) is 6.53. The minimum absolute atomic E-state index is 0.250. The van der Waals surface area contributed by atoms with Crippen LogP contribution in [0.3, 0.4) is 0 Å². The minimum atomic E-state index is -0.425. The number of aliphatic hydroxyl groups is 1. The van der Waals surface area contributed by atoms with Crippen molar-refractivity contribution in [3.8, 4) is 0 Å². The molecule has 0 radical (unpaired) electrons. The average molecular weight is 306 g/mol. The third-order valence-electron chi connectivity index (χ3n) is 2.49. The lowest BCUT2D eigenvalue weighted by Crippen LogP contribution is -2.08. The van der Waals surface area contributed by atoms with Crippen molar-refractivity contribution in [1.82, 2.24) is 0 Å². The second kappa shape index (κ2) is 5.52. The highest BCUT2D eigenvalue weighted by Gasteiger charge is 2.16. The fourth-order valence-corrected chi connectivity index (χ4v) is 2.44. The summed E-state index contributed by atoms with van der Waals surface area (Å²) in [6, 6.07) is 5.50. The first kappa shape index (κ1) is 14.0. The minimum Gasteiger partial charge on any atom is -0.388 e. The highest BCUT2D eigenvalue weighted by Crippen LogP contribution is 2.32. The SMILES string of the molecule is CC(C)(C)CCC(O)c1ccc(Cl)cc1Br. The van der Waals surface area contributed by atoms with Crippen LogP contribution in [0.15, 0.2) is 22.7 Å². The molecule has 0 fully saturated rings. The van der Waals surface area contributed by atoms with E-state index < -0.39 is 6.10 Å². The van der Waals surface area contributed by atoms with Crippen LogP contribution >= 0.6 is 27.5 Å². The van der Waals surface area contributed by atoms with E-state index in [2.05, 4.69) is 36.7 Å². The van der Waals surface area contributed by atoms with Crippen LogP contribution < -0.4 is 0 Å². The van der Waals surface area contributed by atoms with Crippen LogP contribution in [-0.2, 0) is 0 Å². The Bertz CT molecular complexity index is 357. The average Bonchev–Trinajstić information content (AvgIpc) is 2.13. The van der Waals surface area contributed by atoms with E-state index in [0.29, 0.717) is 5.02 Å². The van der Waals surface area contributed by atoms with Gasteiger partial charge in [-0.1, -0.05) is 54.4 Å². The Hall–Kier alpha value is -0.0500. The molecule has 0 saturated carbocycles. The summed E-state index contributed by atoms with van der Waals surface area (Å²) in [5.41, 5.74) is 1.16. The van der Waals surface area contributed by atoms with Crippen LogP contribution in [0.4, 0.5) is 0 Å². The summed E-state index contributed by atoms with van der Waals surface area (Å²) in [5.74, 6) is 0. The summed E-state index contributed by atoms with van der Waals surface area (Å²) in [6.07, 6.45) is 1.33. The summed E-state index contributed by atoms with van der Waals surface area (Å²) < 4.78 is 0.876. The molecule has 0 aromatic heterocycles. The van der Waals surface area contributed by atoms with Gasteiger partial charge in [-0.05, 0) is 36.0 Å². The van der Waals surface area contributed by atoms with Gasteiger partial charge in [0.1, 0.15) is 0 Å². The normalized spacial score (nSPS) is 13.9. The van der Waals surface area contributed by atoms with Gasteiger partial charge < -0.3 is 5.11 Å². The fraction of sp³-hybridized carbons (Fsp3) is 0.538. The zero-order chi connectivity index (χ0) is 12.3. The number of hydrogen-bond donors (Lipinski definition) is 1. The molecule has 1 nitrogen and oxygen atoms in total. The lowest BCUT2D eigenvalue weighted by Gasteiger charge is -2.21. The molecule has 0 bridgehead atoms. The van der Waals surface area contributed by atoms with Crippen molar-refractivity contribution in [2.24, 2.45) is 5.41 Å². The number of benzene rings is 1. The summed E-state index contributed by atoms with van der Waals surface area (Å²) in [5, 5.41) is 10.8. The number of halogens is 2. The van der Waals surface area contributed by atoms with Crippen molar-refractivity contribution < 1.29 is 5.11 Å². The molecule has 1 aromatic carbocycles. The Balaban J connectivity index is 2.70. The second-order valence-corrected chi connectivity index (χ2v) is 6.57. The third kappa shape index (κ3) is 4.44. The van der Waals surface area contributed by atoms with Crippen molar-refractivity contribution >= 4 is 27.5 Å². The molecule has 0 aliphatic carbocycles. The lowest BCUT2D eigenvalue weighted by molar-refractivity contribution is 0.147. The number of aliphatic hydroxyl groups excluding tert-OH is 1. The van der Waals surface area contributed by atoms with Crippen molar-refractivity contribution in [2.75, 3.05) is 0 Å². The van der Waals surface area contributed by atoms with E-state index in [1.54, 1.807) is 0 Å². The largest absolute Gasteiger partial charge is 0.388 e. The zero-order valence-corrected chi connectivity index (χ0v) is 12.3. The summed E-state index contributed by atoms with van der Waals surface area (Å²) >= 11 is 9.28. The van der Waals surface area contributed by atoms with E-state index in [4.69, 9.17) is 11.6 Å². The van der Waals surface area contributed by atoms with Gasteiger partial charge in [0.25, 0.3) is 0 Å². The molecule has 0 aliphatic heterocycles. The van der Waals surface area contributed by atoms with Crippen LogP contribution in [-0.4, -0.2) is 5.11 Å². The maximum atomic E-state index is 10.1. The van der Waals surface area contributed by atoms with E-state index in [9.17, 15) is 5.11 Å². The van der Waals surface area contributed by atoms with Crippen molar-refractivity contribution in [2.45, 2.75) is 39.7 Å². The molecule has 0 saturated heterocycles. The first-order valence-corrected chi connectivity index (χ1v) is 6.60. The fourth-order valence-electron chi connectivity index (χ4n) is 1.50. The molecule has 1 aromatic rings. The molecule has 1 rings (SSSR count). The van der Waals surface area contributed by atoms with Gasteiger partial charge in [0, 0.05) is 9.50 Å². The van der Waals surface area contributed by atoms with Gasteiger partial charge in [0.2, 0.25) is 0 Å². The Morgan fingerprint density at radius 3 is 2.50 bits per heavy atom. The molecule has 3 heteroatoms. The molecule has 0 spiro atoms. The van der Waals surface area contributed by atoms with Crippen molar-refractivity contribution in [3.05, 3.63) is 33.3 Å². The van der Waals surface area contributed by atoms with Gasteiger partial charge in [-0.15, -0.1) is 0 Å². The maximum absolute atomic E-state index is 10.1. The van der Waals surface area contributed by atoms with E-state index >= 15 is 0 Å². The van der Waals surface area contributed by atoms with Crippen LogP contribution in [0.1, 0.15) is 45.3 Å². The Morgan fingerprint density at radius 1 is 1.38 bits per heavy atom. The maximum Gasteiger partial charge on any atom is 0.0801 e. The molecule has 90 valence electrons. The van der Waals surface area contributed by atoms with Crippen LogP contribution in [0.25, 0.3) is 0 Å². The Kier molecular flexibility index (Phi) is 4.84. The quantitative estimate of drug-likeness (QED) is 0.836. The molecular formula is C13H18BrClO. The topological polar surface area (TPSA) is 20.2 Å². The predicted molar refractivity (Wildman–Crippen MR) is 72.8 cm³/mol. The van der Waals surface area contributed by atoms with E-state index in [0.717, 1.165) is 22.9 Å². The molecule has 0 heterocycles. The third-order valence-corrected chi connectivity index (χ3v) is 3.41. The molecule has 1 atom stereocenters. The molecule has 16 heavy (non-hydrogen) atoms. The van der Waals surface area contributed by atoms with Gasteiger partial charge in [0.05, 0.1) is 6.10 Å².